The summed E-state index contributed by atoms with van der Waals surface area (Å²) in [5, 5.41) is 3.18. The zero-order chi connectivity index (χ0) is 12.3. The zero-order valence-corrected chi connectivity index (χ0v) is 12.1. The van der Waals surface area contributed by atoms with E-state index in [-0.39, 0.29) is 0 Å². The van der Waals surface area contributed by atoms with E-state index >= 15 is 0 Å². The van der Waals surface area contributed by atoms with Gasteiger partial charge in [-0.25, -0.2) is 0 Å². The van der Waals surface area contributed by atoms with Gasteiger partial charge in [0.15, 0.2) is 0 Å². The standard InChI is InChI=1S/C13H20BrN3/c1-15-10-11-3-4-12(9-13(11)14)17-7-5-16(2)6-8-17/h3-4,9,15H,5-8,10H2,1-2H3. The van der Waals surface area contributed by atoms with Gasteiger partial charge in [0, 0.05) is 42.9 Å². The molecule has 0 spiro atoms. The van der Waals surface area contributed by atoms with Crippen LogP contribution in [0.15, 0.2) is 22.7 Å². The first kappa shape index (κ1) is 12.9. The van der Waals surface area contributed by atoms with E-state index in [1.807, 2.05) is 7.05 Å². The molecule has 94 valence electrons. The fourth-order valence-corrected chi connectivity index (χ4v) is 2.64. The molecular formula is C13H20BrN3. The van der Waals surface area contributed by atoms with E-state index in [1.165, 1.54) is 15.7 Å². The highest BCUT2D eigenvalue weighted by molar-refractivity contribution is 9.10. The van der Waals surface area contributed by atoms with E-state index in [0.717, 1.165) is 32.7 Å². The van der Waals surface area contributed by atoms with Crippen molar-refractivity contribution in [3.8, 4) is 0 Å². The average Bonchev–Trinajstić information content (AvgIpc) is 2.33. The number of nitrogens with zero attached hydrogens (tertiary/aromatic N) is 2. The third-order valence-electron chi connectivity index (χ3n) is 3.27. The molecule has 0 radical (unpaired) electrons. The highest BCUT2D eigenvalue weighted by Crippen LogP contribution is 2.24. The van der Waals surface area contributed by atoms with E-state index < -0.39 is 0 Å². The van der Waals surface area contributed by atoms with Crippen LogP contribution >= 0.6 is 15.9 Å². The number of anilines is 1. The quantitative estimate of drug-likeness (QED) is 0.920. The molecule has 2 rings (SSSR count). The molecule has 0 atom stereocenters. The smallest absolute Gasteiger partial charge is 0.0378 e. The monoisotopic (exact) mass is 297 g/mol. The highest BCUT2D eigenvalue weighted by Gasteiger charge is 2.14. The second kappa shape index (κ2) is 5.85. The largest absolute Gasteiger partial charge is 0.369 e. The first-order chi connectivity index (χ1) is 8.20. The number of rotatable bonds is 3. The molecule has 1 aliphatic heterocycles. The maximum atomic E-state index is 3.65. The van der Waals surface area contributed by atoms with Crippen molar-refractivity contribution in [3.05, 3.63) is 28.2 Å². The number of halogens is 1. The van der Waals surface area contributed by atoms with Gasteiger partial charge in [-0.1, -0.05) is 22.0 Å². The minimum absolute atomic E-state index is 0.906. The van der Waals surface area contributed by atoms with Crippen LogP contribution in [-0.4, -0.2) is 45.2 Å². The lowest BCUT2D eigenvalue weighted by Gasteiger charge is -2.34. The van der Waals surface area contributed by atoms with Crippen molar-refractivity contribution >= 4 is 21.6 Å². The Hall–Kier alpha value is -0.580. The molecule has 3 nitrogen and oxygen atoms in total. The van der Waals surface area contributed by atoms with E-state index in [2.05, 4.69) is 56.3 Å². The Morgan fingerprint density at radius 3 is 2.53 bits per heavy atom. The summed E-state index contributed by atoms with van der Waals surface area (Å²) >= 11 is 3.65. The third kappa shape index (κ3) is 3.21. The Kier molecular flexibility index (Phi) is 4.42. The molecule has 0 bridgehead atoms. The van der Waals surface area contributed by atoms with E-state index in [4.69, 9.17) is 0 Å². The molecule has 1 heterocycles. The van der Waals surface area contributed by atoms with E-state index in [9.17, 15) is 0 Å². The number of hydrogen-bond acceptors (Lipinski definition) is 3. The van der Waals surface area contributed by atoms with Gasteiger partial charge in [0.1, 0.15) is 0 Å². The Morgan fingerprint density at radius 1 is 1.24 bits per heavy atom. The Balaban J connectivity index is 2.09. The molecule has 1 aromatic rings. The van der Waals surface area contributed by atoms with Gasteiger partial charge in [-0.15, -0.1) is 0 Å². The number of nitrogens with one attached hydrogen (secondary N) is 1. The third-order valence-corrected chi connectivity index (χ3v) is 4.01. The van der Waals surface area contributed by atoms with Gasteiger partial charge in [0.25, 0.3) is 0 Å². The number of piperazine rings is 1. The maximum absolute atomic E-state index is 3.65. The van der Waals surface area contributed by atoms with Gasteiger partial charge in [-0.2, -0.15) is 0 Å². The topological polar surface area (TPSA) is 18.5 Å². The summed E-state index contributed by atoms with van der Waals surface area (Å²) in [6.07, 6.45) is 0. The van der Waals surface area contributed by atoms with Gasteiger partial charge >= 0.3 is 0 Å². The van der Waals surface area contributed by atoms with Crippen molar-refractivity contribution < 1.29 is 0 Å². The van der Waals surface area contributed by atoms with Crippen LogP contribution in [0.25, 0.3) is 0 Å². The molecule has 0 aliphatic carbocycles. The van der Waals surface area contributed by atoms with Gasteiger partial charge in [0.05, 0.1) is 0 Å². The lowest BCUT2D eigenvalue weighted by atomic mass is 10.2. The second-order valence-corrected chi connectivity index (χ2v) is 5.45. The van der Waals surface area contributed by atoms with Gasteiger partial charge < -0.3 is 15.1 Å². The summed E-state index contributed by atoms with van der Waals surface area (Å²) < 4.78 is 1.20. The lowest BCUT2D eigenvalue weighted by molar-refractivity contribution is 0.313. The molecule has 0 saturated carbocycles. The molecule has 1 saturated heterocycles. The van der Waals surface area contributed by atoms with Crippen molar-refractivity contribution in [1.29, 1.82) is 0 Å². The van der Waals surface area contributed by atoms with Gasteiger partial charge in [-0.05, 0) is 31.8 Å². The summed E-state index contributed by atoms with van der Waals surface area (Å²) in [4.78, 5) is 4.83. The Labute approximate surface area is 112 Å². The summed E-state index contributed by atoms with van der Waals surface area (Å²) in [7, 11) is 4.16. The van der Waals surface area contributed by atoms with Crippen LogP contribution in [0.2, 0.25) is 0 Å². The molecule has 0 aromatic heterocycles. The Morgan fingerprint density at radius 2 is 1.94 bits per heavy atom. The SMILES string of the molecule is CNCc1ccc(N2CCN(C)CC2)cc1Br. The van der Waals surface area contributed by atoms with Crippen LogP contribution in [0.4, 0.5) is 5.69 Å². The highest BCUT2D eigenvalue weighted by atomic mass is 79.9. The molecule has 0 unspecified atom stereocenters. The van der Waals surface area contributed by atoms with Crippen LogP contribution in [-0.2, 0) is 6.54 Å². The van der Waals surface area contributed by atoms with Crippen LogP contribution in [0.1, 0.15) is 5.56 Å². The molecule has 1 aliphatic rings. The summed E-state index contributed by atoms with van der Waals surface area (Å²) in [5.41, 5.74) is 2.63. The molecule has 1 aromatic carbocycles. The zero-order valence-electron chi connectivity index (χ0n) is 10.5. The van der Waals surface area contributed by atoms with Crippen molar-refractivity contribution in [2.75, 3.05) is 45.2 Å². The predicted molar refractivity (Wildman–Crippen MR) is 76.6 cm³/mol. The van der Waals surface area contributed by atoms with E-state index in [0.29, 0.717) is 0 Å². The predicted octanol–water partition coefficient (Wildman–Crippen LogP) is 1.92. The summed E-state index contributed by atoms with van der Waals surface area (Å²) in [5.74, 6) is 0. The summed E-state index contributed by atoms with van der Waals surface area (Å²) in [6.45, 7) is 5.44. The van der Waals surface area contributed by atoms with Crippen molar-refractivity contribution in [1.82, 2.24) is 10.2 Å². The van der Waals surface area contributed by atoms with Crippen LogP contribution in [0.5, 0.6) is 0 Å². The normalized spacial score (nSPS) is 17.5. The maximum Gasteiger partial charge on any atom is 0.0378 e. The minimum atomic E-state index is 0.906. The molecule has 17 heavy (non-hydrogen) atoms. The first-order valence-corrected chi connectivity index (χ1v) is 6.86. The molecular weight excluding hydrogens is 278 g/mol. The number of benzene rings is 1. The van der Waals surface area contributed by atoms with Crippen LogP contribution in [0, 0.1) is 0 Å². The molecule has 1 N–H and O–H groups in total. The second-order valence-electron chi connectivity index (χ2n) is 4.60. The Bertz CT molecular complexity index is 373. The summed E-state index contributed by atoms with van der Waals surface area (Å²) in [6, 6.07) is 6.66. The fraction of sp³-hybridized carbons (Fsp3) is 0.538. The molecule has 1 fully saturated rings. The van der Waals surface area contributed by atoms with Crippen molar-refractivity contribution in [3.63, 3.8) is 0 Å². The van der Waals surface area contributed by atoms with Crippen LogP contribution in [0.3, 0.4) is 0 Å². The van der Waals surface area contributed by atoms with Gasteiger partial charge in [-0.3, -0.25) is 0 Å². The minimum Gasteiger partial charge on any atom is -0.369 e. The number of likely N-dealkylation sites (N-methyl/N-ethyl adjacent to an activating group) is 1. The fourth-order valence-electron chi connectivity index (χ4n) is 2.13. The number of hydrogen-bond donors (Lipinski definition) is 1. The lowest BCUT2D eigenvalue weighted by Crippen LogP contribution is -2.44. The molecule has 4 heteroatoms. The first-order valence-electron chi connectivity index (χ1n) is 6.07. The van der Waals surface area contributed by atoms with Gasteiger partial charge in [0.2, 0.25) is 0 Å². The van der Waals surface area contributed by atoms with Crippen LogP contribution < -0.4 is 10.2 Å². The molecule has 0 amide bonds. The van der Waals surface area contributed by atoms with Crippen molar-refractivity contribution in [2.24, 2.45) is 0 Å². The van der Waals surface area contributed by atoms with E-state index in [1.54, 1.807) is 0 Å². The van der Waals surface area contributed by atoms with Crippen molar-refractivity contribution in [2.45, 2.75) is 6.54 Å². The average molecular weight is 298 g/mol.